The molecule has 0 atom stereocenters. The Morgan fingerprint density at radius 2 is 2.12 bits per heavy atom. The molecule has 1 aromatic carbocycles. The van der Waals surface area contributed by atoms with Gasteiger partial charge in [-0.1, -0.05) is 6.92 Å². The molecule has 17 heavy (non-hydrogen) atoms. The quantitative estimate of drug-likeness (QED) is 0.798. The zero-order valence-electron chi connectivity index (χ0n) is 10.4. The van der Waals surface area contributed by atoms with Crippen LogP contribution in [0.3, 0.4) is 0 Å². The lowest BCUT2D eigenvalue weighted by Gasteiger charge is -2.04. The topological polar surface area (TPSA) is 63.9 Å². The average Bonchev–Trinajstić information content (AvgIpc) is 2.69. The summed E-state index contributed by atoms with van der Waals surface area (Å²) in [6.45, 7) is 4.12. The molecular formula is C13H17N3O. The van der Waals surface area contributed by atoms with Gasteiger partial charge in [0.1, 0.15) is 11.6 Å². The number of aromatic nitrogens is 2. The summed E-state index contributed by atoms with van der Waals surface area (Å²) in [5.41, 5.74) is 9.63. The van der Waals surface area contributed by atoms with E-state index in [0.717, 1.165) is 34.9 Å². The van der Waals surface area contributed by atoms with Gasteiger partial charge < -0.3 is 15.5 Å². The number of methoxy groups -OCH3 is 1. The molecule has 4 nitrogen and oxygen atoms in total. The second-order valence-electron chi connectivity index (χ2n) is 4.01. The van der Waals surface area contributed by atoms with Crippen molar-refractivity contribution in [3.63, 3.8) is 0 Å². The van der Waals surface area contributed by atoms with Gasteiger partial charge in [0.2, 0.25) is 0 Å². The normalized spacial score (nSPS) is 10.5. The minimum Gasteiger partial charge on any atom is -0.497 e. The maximum Gasteiger partial charge on any atom is 0.138 e. The van der Waals surface area contributed by atoms with E-state index in [9.17, 15) is 0 Å². The first kappa shape index (κ1) is 11.5. The van der Waals surface area contributed by atoms with Gasteiger partial charge in [-0.15, -0.1) is 0 Å². The molecule has 0 radical (unpaired) electrons. The Morgan fingerprint density at radius 1 is 1.35 bits per heavy atom. The highest BCUT2D eigenvalue weighted by atomic mass is 16.5. The molecule has 4 heteroatoms. The predicted octanol–water partition coefficient (Wildman–Crippen LogP) is 2.54. The Labute approximate surface area is 101 Å². The molecule has 0 spiro atoms. The maximum absolute atomic E-state index is 5.83. The predicted molar refractivity (Wildman–Crippen MR) is 69.1 cm³/mol. The second kappa shape index (κ2) is 4.49. The number of hydrogen-bond donors (Lipinski definition) is 2. The molecule has 1 aromatic heterocycles. The van der Waals surface area contributed by atoms with Crippen LogP contribution in [-0.2, 0) is 6.42 Å². The zero-order chi connectivity index (χ0) is 12.4. The number of nitrogens with one attached hydrogen (secondary N) is 1. The standard InChI is InChI=1S/C13H17N3O/c1-4-12-8(2)15-13(16-12)9-5-10(14)7-11(6-9)17-3/h5-7H,4,14H2,1-3H3,(H,15,16). The van der Waals surface area contributed by atoms with Gasteiger partial charge in [0.15, 0.2) is 0 Å². The molecule has 2 rings (SSSR count). The highest BCUT2D eigenvalue weighted by Gasteiger charge is 2.08. The number of benzene rings is 1. The molecule has 0 saturated carbocycles. The van der Waals surface area contributed by atoms with Crippen LogP contribution in [0.4, 0.5) is 5.69 Å². The third-order valence-electron chi connectivity index (χ3n) is 2.76. The lowest BCUT2D eigenvalue weighted by atomic mass is 10.2. The van der Waals surface area contributed by atoms with E-state index in [1.807, 2.05) is 19.1 Å². The van der Waals surface area contributed by atoms with Crippen molar-refractivity contribution >= 4 is 5.69 Å². The molecule has 0 aliphatic carbocycles. The molecule has 1 heterocycles. The van der Waals surface area contributed by atoms with Crippen LogP contribution in [0, 0.1) is 6.92 Å². The largest absolute Gasteiger partial charge is 0.497 e. The summed E-state index contributed by atoms with van der Waals surface area (Å²) in [6.07, 6.45) is 0.918. The van der Waals surface area contributed by atoms with E-state index in [2.05, 4.69) is 16.9 Å². The lowest BCUT2D eigenvalue weighted by molar-refractivity contribution is 0.415. The molecule has 0 bridgehead atoms. The van der Waals surface area contributed by atoms with Gasteiger partial charge in [-0.05, 0) is 25.5 Å². The van der Waals surface area contributed by atoms with Crippen molar-refractivity contribution in [1.29, 1.82) is 0 Å². The number of ether oxygens (including phenoxy) is 1. The van der Waals surface area contributed by atoms with Crippen LogP contribution in [0.15, 0.2) is 18.2 Å². The fraction of sp³-hybridized carbons (Fsp3) is 0.308. The van der Waals surface area contributed by atoms with Gasteiger partial charge in [-0.3, -0.25) is 0 Å². The molecular weight excluding hydrogens is 214 g/mol. The number of hydrogen-bond acceptors (Lipinski definition) is 3. The molecule has 0 aliphatic rings. The fourth-order valence-corrected chi connectivity index (χ4v) is 1.85. The van der Waals surface area contributed by atoms with Gasteiger partial charge >= 0.3 is 0 Å². The molecule has 2 aromatic rings. The summed E-state index contributed by atoms with van der Waals surface area (Å²) in [5, 5.41) is 0. The SMILES string of the molecule is CCc1nc(-c2cc(N)cc(OC)c2)[nH]c1C. The second-order valence-corrected chi connectivity index (χ2v) is 4.01. The maximum atomic E-state index is 5.83. The summed E-state index contributed by atoms with van der Waals surface area (Å²) in [4.78, 5) is 7.82. The van der Waals surface area contributed by atoms with Crippen LogP contribution in [0.1, 0.15) is 18.3 Å². The van der Waals surface area contributed by atoms with Crippen LogP contribution in [0.25, 0.3) is 11.4 Å². The molecule has 0 saturated heterocycles. The Balaban J connectivity index is 2.48. The third kappa shape index (κ3) is 2.25. The number of aryl methyl sites for hydroxylation is 2. The first-order valence-electron chi connectivity index (χ1n) is 5.64. The summed E-state index contributed by atoms with van der Waals surface area (Å²) in [5.74, 6) is 1.58. The van der Waals surface area contributed by atoms with E-state index < -0.39 is 0 Å². The van der Waals surface area contributed by atoms with Crippen molar-refractivity contribution in [2.75, 3.05) is 12.8 Å². The van der Waals surface area contributed by atoms with Crippen molar-refractivity contribution in [2.45, 2.75) is 20.3 Å². The number of nitrogens with zero attached hydrogens (tertiary/aromatic N) is 1. The number of rotatable bonds is 3. The zero-order valence-corrected chi connectivity index (χ0v) is 10.4. The highest BCUT2D eigenvalue weighted by Crippen LogP contribution is 2.26. The first-order valence-corrected chi connectivity index (χ1v) is 5.64. The van der Waals surface area contributed by atoms with E-state index >= 15 is 0 Å². The van der Waals surface area contributed by atoms with Gasteiger partial charge in [-0.25, -0.2) is 4.98 Å². The summed E-state index contributed by atoms with van der Waals surface area (Å²) in [7, 11) is 1.63. The molecule has 0 amide bonds. The van der Waals surface area contributed by atoms with E-state index in [1.54, 1.807) is 13.2 Å². The first-order chi connectivity index (χ1) is 8.13. The lowest BCUT2D eigenvalue weighted by Crippen LogP contribution is -1.91. The number of anilines is 1. The number of H-pyrrole nitrogens is 1. The van der Waals surface area contributed by atoms with Crippen LogP contribution in [0.5, 0.6) is 5.75 Å². The van der Waals surface area contributed by atoms with E-state index in [1.165, 1.54) is 0 Å². The van der Waals surface area contributed by atoms with Crippen LogP contribution >= 0.6 is 0 Å². The van der Waals surface area contributed by atoms with Crippen LogP contribution in [-0.4, -0.2) is 17.1 Å². The molecule has 0 unspecified atom stereocenters. The summed E-state index contributed by atoms with van der Waals surface area (Å²) >= 11 is 0. The van der Waals surface area contributed by atoms with Gasteiger partial charge in [-0.2, -0.15) is 0 Å². The van der Waals surface area contributed by atoms with E-state index in [4.69, 9.17) is 10.5 Å². The van der Waals surface area contributed by atoms with Crippen molar-refractivity contribution in [3.05, 3.63) is 29.6 Å². The highest BCUT2D eigenvalue weighted by molar-refractivity contribution is 5.65. The Bertz CT molecular complexity index is 531. The Morgan fingerprint density at radius 3 is 2.71 bits per heavy atom. The number of nitrogens with two attached hydrogens (primary N) is 1. The van der Waals surface area contributed by atoms with E-state index in [0.29, 0.717) is 5.69 Å². The van der Waals surface area contributed by atoms with Crippen molar-refractivity contribution in [1.82, 2.24) is 9.97 Å². The molecule has 0 fully saturated rings. The monoisotopic (exact) mass is 231 g/mol. The van der Waals surface area contributed by atoms with Crippen molar-refractivity contribution in [2.24, 2.45) is 0 Å². The summed E-state index contributed by atoms with van der Waals surface area (Å²) in [6, 6.07) is 5.61. The average molecular weight is 231 g/mol. The van der Waals surface area contributed by atoms with Crippen LogP contribution < -0.4 is 10.5 Å². The molecule has 90 valence electrons. The Kier molecular flexibility index (Phi) is 3.04. The van der Waals surface area contributed by atoms with Gasteiger partial charge in [0.25, 0.3) is 0 Å². The number of aromatic amines is 1. The third-order valence-corrected chi connectivity index (χ3v) is 2.76. The minimum atomic E-state index is 0.673. The Hall–Kier alpha value is -1.97. The number of nitrogen functional groups attached to an aromatic ring is 1. The van der Waals surface area contributed by atoms with Crippen LogP contribution in [0.2, 0.25) is 0 Å². The van der Waals surface area contributed by atoms with E-state index in [-0.39, 0.29) is 0 Å². The van der Waals surface area contributed by atoms with Gasteiger partial charge in [0, 0.05) is 23.0 Å². The van der Waals surface area contributed by atoms with Crippen molar-refractivity contribution < 1.29 is 4.74 Å². The van der Waals surface area contributed by atoms with Crippen molar-refractivity contribution in [3.8, 4) is 17.1 Å². The smallest absolute Gasteiger partial charge is 0.138 e. The summed E-state index contributed by atoms with van der Waals surface area (Å²) < 4.78 is 5.20. The van der Waals surface area contributed by atoms with Gasteiger partial charge in [0.05, 0.1) is 12.8 Å². The fourth-order valence-electron chi connectivity index (χ4n) is 1.85. The molecule has 3 N–H and O–H groups in total. The minimum absolute atomic E-state index is 0.673. The molecule has 0 aliphatic heterocycles. The number of imidazole rings is 1.